The second kappa shape index (κ2) is 6.22. The minimum Gasteiger partial charge on any atom is -0.347 e. The van der Waals surface area contributed by atoms with Gasteiger partial charge in [-0.05, 0) is 35.0 Å². The Morgan fingerprint density at radius 2 is 2.18 bits per heavy atom. The van der Waals surface area contributed by atoms with Gasteiger partial charge in [-0.25, -0.2) is 4.39 Å². The molecule has 6 heteroatoms. The summed E-state index contributed by atoms with van der Waals surface area (Å²) in [5, 5.41) is 4.80. The third-order valence-electron chi connectivity index (χ3n) is 3.52. The van der Waals surface area contributed by atoms with E-state index < -0.39 is 0 Å². The van der Waals surface area contributed by atoms with Crippen molar-refractivity contribution in [3.05, 3.63) is 57.3 Å². The molecule has 0 fully saturated rings. The van der Waals surface area contributed by atoms with Gasteiger partial charge in [0.15, 0.2) is 0 Å². The van der Waals surface area contributed by atoms with Crippen LogP contribution in [0.25, 0.3) is 10.2 Å². The maximum atomic E-state index is 13.6. The van der Waals surface area contributed by atoms with Gasteiger partial charge in [-0.1, -0.05) is 18.2 Å². The van der Waals surface area contributed by atoms with E-state index >= 15 is 0 Å². The summed E-state index contributed by atoms with van der Waals surface area (Å²) in [6.07, 6.45) is 0. The highest BCUT2D eigenvalue weighted by Crippen LogP contribution is 2.33. The molecule has 0 bridgehead atoms. The lowest BCUT2D eigenvalue weighted by Crippen LogP contribution is -2.25. The van der Waals surface area contributed by atoms with E-state index in [1.54, 1.807) is 29.5 Å². The van der Waals surface area contributed by atoms with Crippen LogP contribution in [-0.2, 0) is 13.1 Å². The third-order valence-corrected chi connectivity index (χ3v) is 5.35. The third kappa shape index (κ3) is 2.68. The first kappa shape index (κ1) is 15.2. The lowest BCUT2D eigenvalue weighted by Gasteiger charge is -2.09. The predicted molar refractivity (Wildman–Crippen MR) is 90.8 cm³/mol. The molecule has 3 aromatic rings. The van der Waals surface area contributed by atoms with Crippen LogP contribution >= 0.6 is 27.3 Å². The monoisotopic (exact) mass is 380 g/mol. The quantitative estimate of drug-likeness (QED) is 0.707. The van der Waals surface area contributed by atoms with Crippen molar-refractivity contribution < 1.29 is 9.18 Å². The second-order valence-corrected chi connectivity index (χ2v) is 6.61. The van der Waals surface area contributed by atoms with E-state index in [4.69, 9.17) is 0 Å². The molecule has 0 aliphatic heterocycles. The first-order valence-electron chi connectivity index (χ1n) is 6.89. The molecule has 0 aliphatic rings. The minimum atomic E-state index is -0.308. The van der Waals surface area contributed by atoms with Crippen LogP contribution in [-0.4, -0.2) is 10.5 Å². The van der Waals surface area contributed by atoms with Crippen molar-refractivity contribution in [3.63, 3.8) is 0 Å². The molecule has 0 saturated carbocycles. The van der Waals surface area contributed by atoms with E-state index in [1.807, 2.05) is 22.9 Å². The van der Waals surface area contributed by atoms with Gasteiger partial charge in [0.2, 0.25) is 0 Å². The average Bonchev–Trinajstić information content (AvgIpc) is 3.06. The number of hydrogen-bond donors (Lipinski definition) is 1. The number of fused-ring (bicyclic) bond motifs is 1. The number of carbonyl (C=O) groups excluding carboxylic acids is 1. The van der Waals surface area contributed by atoms with Gasteiger partial charge >= 0.3 is 0 Å². The van der Waals surface area contributed by atoms with Crippen molar-refractivity contribution in [2.24, 2.45) is 0 Å². The number of aryl methyl sites for hydroxylation is 1. The number of aromatic nitrogens is 1. The summed E-state index contributed by atoms with van der Waals surface area (Å²) in [7, 11) is 0. The molecular formula is C16H14BrFN2OS. The fourth-order valence-corrected chi connectivity index (χ4v) is 4.15. The van der Waals surface area contributed by atoms with Crippen molar-refractivity contribution in [1.82, 2.24) is 9.88 Å². The van der Waals surface area contributed by atoms with Gasteiger partial charge in [-0.2, -0.15) is 0 Å². The van der Waals surface area contributed by atoms with E-state index in [2.05, 4.69) is 21.2 Å². The first-order chi connectivity index (χ1) is 10.6. The van der Waals surface area contributed by atoms with E-state index in [1.165, 1.54) is 6.07 Å². The zero-order valence-corrected chi connectivity index (χ0v) is 14.3. The summed E-state index contributed by atoms with van der Waals surface area (Å²) < 4.78 is 17.6. The van der Waals surface area contributed by atoms with Crippen molar-refractivity contribution in [1.29, 1.82) is 0 Å². The average molecular weight is 381 g/mol. The highest BCUT2D eigenvalue weighted by atomic mass is 79.9. The van der Waals surface area contributed by atoms with E-state index in [-0.39, 0.29) is 18.3 Å². The summed E-state index contributed by atoms with van der Waals surface area (Å²) in [4.78, 5) is 12.4. The lowest BCUT2D eigenvalue weighted by atomic mass is 10.2. The number of halogens is 2. The zero-order valence-electron chi connectivity index (χ0n) is 11.9. The number of benzene rings is 1. The molecule has 22 heavy (non-hydrogen) atoms. The minimum absolute atomic E-state index is 0.176. The highest BCUT2D eigenvalue weighted by Gasteiger charge is 2.17. The van der Waals surface area contributed by atoms with Crippen LogP contribution in [0.15, 0.2) is 40.2 Å². The molecular weight excluding hydrogens is 367 g/mol. The van der Waals surface area contributed by atoms with E-state index in [9.17, 15) is 9.18 Å². The van der Waals surface area contributed by atoms with Crippen molar-refractivity contribution in [2.45, 2.75) is 20.0 Å². The Bertz CT molecular complexity index is 840. The fourth-order valence-electron chi connectivity index (χ4n) is 2.46. The van der Waals surface area contributed by atoms with Gasteiger partial charge in [0.1, 0.15) is 11.5 Å². The van der Waals surface area contributed by atoms with Gasteiger partial charge < -0.3 is 9.88 Å². The van der Waals surface area contributed by atoms with Crippen LogP contribution in [0.1, 0.15) is 23.0 Å². The Morgan fingerprint density at radius 3 is 2.91 bits per heavy atom. The topological polar surface area (TPSA) is 34.0 Å². The lowest BCUT2D eigenvalue weighted by molar-refractivity contribution is 0.0942. The molecule has 2 aromatic heterocycles. The van der Waals surface area contributed by atoms with Crippen LogP contribution in [0.3, 0.4) is 0 Å². The molecule has 0 spiro atoms. The van der Waals surface area contributed by atoms with Crippen molar-refractivity contribution in [2.75, 3.05) is 0 Å². The Labute approximate surface area is 139 Å². The second-order valence-electron chi connectivity index (χ2n) is 4.84. The molecule has 0 unspecified atom stereocenters. The molecule has 114 valence electrons. The highest BCUT2D eigenvalue weighted by molar-refractivity contribution is 9.10. The largest absolute Gasteiger partial charge is 0.347 e. The summed E-state index contributed by atoms with van der Waals surface area (Å²) in [5.74, 6) is -0.502. The Morgan fingerprint density at radius 1 is 1.41 bits per heavy atom. The van der Waals surface area contributed by atoms with Crippen LogP contribution in [0.4, 0.5) is 4.39 Å². The molecule has 0 radical (unpaired) electrons. The van der Waals surface area contributed by atoms with Crippen LogP contribution in [0.5, 0.6) is 0 Å². The number of amides is 1. The SMILES string of the molecule is CCn1c(C(=O)NCc2ccccc2F)cc2scc(Br)c21. The molecule has 0 aliphatic carbocycles. The van der Waals surface area contributed by atoms with Crippen LogP contribution < -0.4 is 5.32 Å². The summed E-state index contributed by atoms with van der Waals surface area (Å²) in [6, 6.07) is 8.33. The molecule has 3 nitrogen and oxygen atoms in total. The number of nitrogens with one attached hydrogen (secondary N) is 1. The van der Waals surface area contributed by atoms with Gasteiger partial charge in [0, 0.05) is 24.0 Å². The Kier molecular flexibility index (Phi) is 4.31. The van der Waals surface area contributed by atoms with E-state index in [0.717, 1.165) is 14.7 Å². The van der Waals surface area contributed by atoms with Crippen molar-refractivity contribution >= 4 is 43.4 Å². The summed E-state index contributed by atoms with van der Waals surface area (Å²) >= 11 is 5.11. The predicted octanol–water partition coefficient (Wildman–Crippen LogP) is 4.55. The first-order valence-corrected chi connectivity index (χ1v) is 8.57. The maximum Gasteiger partial charge on any atom is 0.268 e. The molecule has 1 aromatic carbocycles. The van der Waals surface area contributed by atoms with Crippen molar-refractivity contribution in [3.8, 4) is 0 Å². The summed E-state index contributed by atoms with van der Waals surface area (Å²) in [5.41, 5.74) is 2.11. The van der Waals surface area contributed by atoms with Gasteiger partial charge in [-0.15, -0.1) is 11.3 Å². The smallest absolute Gasteiger partial charge is 0.268 e. The maximum absolute atomic E-state index is 13.6. The number of carbonyl (C=O) groups is 1. The van der Waals surface area contributed by atoms with Gasteiger partial charge in [0.25, 0.3) is 5.91 Å². The number of rotatable bonds is 4. The normalized spacial score (nSPS) is 11.0. The van der Waals surface area contributed by atoms with E-state index in [0.29, 0.717) is 17.8 Å². The molecule has 3 rings (SSSR count). The standard InChI is InChI=1S/C16H14BrFN2OS/c1-2-20-13(7-14-15(20)11(17)9-22-14)16(21)19-8-10-5-3-4-6-12(10)18/h3-7,9H,2,8H2,1H3,(H,19,21). The molecule has 1 amide bonds. The summed E-state index contributed by atoms with van der Waals surface area (Å²) in [6.45, 7) is 2.87. The zero-order chi connectivity index (χ0) is 15.7. The molecule has 2 heterocycles. The Hall–Kier alpha value is -1.66. The fraction of sp³-hybridized carbons (Fsp3) is 0.188. The number of thiophene rings is 1. The van der Waals surface area contributed by atoms with Gasteiger partial charge in [-0.3, -0.25) is 4.79 Å². The molecule has 1 N–H and O–H groups in total. The molecule has 0 saturated heterocycles. The van der Waals surface area contributed by atoms with Gasteiger partial charge in [0.05, 0.1) is 14.7 Å². The van der Waals surface area contributed by atoms with Crippen LogP contribution in [0, 0.1) is 5.82 Å². The molecule has 0 atom stereocenters. The number of hydrogen-bond acceptors (Lipinski definition) is 2. The Balaban J connectivity index is 1.85. The number of nitrogens with zero attached hydrogens (tertiary/aromatic N) is 1. The van der Waals surface area contributed by atoms with Crippen LogP contribution in [0.2, 0.25) is 0 Å².